The van der Waals surface area contributed by atoms with E-state index in [1.165, 1.54) is 0 Å². The van der Waals surface area contributed by atoms with Crippen molar-refractivity contribution in [2.24, 2.45) is 0 Å². The maximum absolute atomic E-state index is 12.7. The highest BCUT2D eigenvalue weighted by Crippen LogP contribution is 2.25. The normalized spacial score (nSPS) is 14.5. The molecule has 0 spiro atoms. The van der Waals surface area contributed by atoms with E-state index >= 15 is 0 Å². The number of nitrogens with one attached hydrogen (secondary N) is 1. The highest BCUT2D eigenvalue weighted by atomic mass is 16.6. The third-order valence-electron chi connectivity index (χ3n) is 4.46. The summed E-state index contributed by atoms with van der Waals surface area (Å²) in [5.41, 5.74) is 0.495. The van der Waals surface area contributed by atoms with E-state index in [1.807, 2.05) is 42.5 Å². The van der Waals surface area contributed by atoms with Gasteiger partial charge in [-0.25, -0.2) is 4.79 Å². The lowest BCUT2D eigenvalue weighted by atomic mass is 10.0. The minimum Gasteiger partial charge on any atom is -0.457 e. The van der Waals surface area contributed by atoms with E-state index in [-0.39, 0.29) is 18.0 Å². The number of carbonyl (C=O) groups is 2. The average molecular weight is 368 g/mol. The first-order valence-electron chi connectivity index (χ1n) is 9.22. The Morgan fingerprint density at radius 1 is 1.04 bits per heavy atom. The summed E-state index contributed by atoms with van der Waals surface area (Å²) in [6, 6.07) is 16.6. The summed E-state index contributed by atoms with van der Waals surface area (Å²) >= 11 is 0. The summed E-state index contributed by atoms with van der Waals surface area (Å²) in [5, 5.41) is 3.06. The van der Waals surface area contributed by atoms with Crippen LogP contribution in [-0.4, -0.2) is 42.6 Å². The van der Waals surface area contributed by atoms with E-state index in [0.717, 1.165) is 0 Å². The number of ether oxygens (including phenoxy) is 2. The van der Waals surface area contributed by atoms with Crippen molar-refractivity contribution in [2.75, 3.05) is 19.7 Å². The predicted molar refractivity (Wildman–Crippen MR) is 102 cm³/mol. The van der Waals surface area contributed by atoms with Gasteiger partial charge in [0.15, 0.2) is 0 Å². The van der Waals surface area contributed by atoms with Gasteiger partial charge in [0.2, 0.25) is 0 Å². The van der Waals surface area contributed by atoms with Gasteiger partial charge in [-0.15, -0.1) is 0 Å². The molecule has 0 saturated carbocycles. The highest BCUT2D eigenvalue weighted by Gasteiger charge is 2.25. The molecule has 0 aliphatic carbocycles. The number of amides is 2. The largest absolute Gasteiger partial charge is 0.457 e. The van der Waals surface area contributed by atoms with Crippen LogP contribution in [0.1, 0.15) is 30.1 Å². The van der Waals surface area contributed by atoms with E-state index in [4.69, 9.17) is 9.47 Å². The van der Waals surface area contributed by atoms with Crippen molar-refractivity contribution >= 4 is 12.0 Å². The average Bonchev–Trinajstić information content (AvgIpc) is 2.70. The van der Waals surface area contributed by atoms with Crippen molar-refractivity contribution in [1.82, 2.24) is 10.2 Å². The molecule has 142 valence electrons. The molecule has 2 amide bonds. The Kier molecular flexibility index (Phi) is 6.30. The third kappa shape index (κ3) is 5.00. The van der Waals surface area contributed by atoms with E-state index in [0.29, 0.717) is 49.6 Å². The molecule has 1 N–H and O–H groups in total. The van der Waals surface area contributed by atoms with Crippen LogP contribution >= 0.6 is 0 Å². The molecule has 0 unspecified atom stereocenters. The van der Waals surface area contributed by atoms with E-state index < -0.39 is 0 Å². The van der Waals surface area contributed by atoms with Gasteiger partial charge < -0.3 is 19.7 Å². The van der Waals surface area contributed by atoms with Crippen molar-refractivity contribution in [3.63, 3.8) is 0 Å². The fraction of sp³-hybridized carbons (Fsp3) is 0.333. The fourth-order valence-electron chi connectivity index (χ4n) is 3.04. The molecular weight excluding hydrogens is 344 g/mol. The van der Waals surface area contributed by atoms with Gasteiger partial charge in [-0.1, -0.05) is 30.3 Å². The van der Waals surface area contributed by atoms with Gasteiger partial charge in [-0.2, -0.15) is 0 Å². The van der Waals surface area contributed by atoms with Crippen molar-refractivity contribution in [2.45, 2.75) is 25.8 Å². The van der Waals surface area contributed by atoms with Gasteiger partial charge in [0, 0.05) is 19.1 Å². The molecule has 0 bridgehead atoms. The molecular formula is C21H24N2O4. The van der Waals surface area contributed by atoms with Crippen molar-refractivity contribution in [3.05, 3.63) is 60.2 Å². The number of piperidine rings is 1. The first kappa shape index (κ1) is 18.8. The molecule has 0 aromatic heterocycles. The SMILES string of the molecule is CCOC(=O)N1CCC(NC(=O)c2ccccc2Oc2ccccc2)CC1. The molecule has 6 nitrogen and oxygen atoms in total. The second-order valence-corrected chi connectivity index (χ2v) is 6.34. The maximum Gasteiger partial charge on any atom is 0.409 e. The molecule has 27 heavy (non-hydrogen) atoms. The monoisotopic (exact) mass is 368 g/mol. The summed E-state index contributed by atoms with van der Waals surface area (Å²) in [6.45, 7) is 3.31. The van der Waals surface area contributed by atoms with Gasteiger partial charge >= 0.3 is 6.09 Å². The Morgan fingerprint density at radius 3 is 2.41 bits per heavy atom. The van der Waals surface area contributed by atoms with Gasteiger partial charge in [0.1, 0.15) is 11.5 Å². The Bertz CT molecular complexity index is 771. The molecule has 2 aromatic carbocycles. The lowest BCUT2D eigenvalue weighted by molar-refractivity contribution is 0.0858. The van der Waals surface area contributed by atoms with Crippen molar-refractivity contribution < 1.29 is 19.1 Å². The smallest absolute Gasteiger partial charge is 0.409 e. The van der Waals surface area contributed by atoms with Crippen LogP contribution in [0.15, 0.2) is 54.6 Å². The summed E-state index contributed by atoms with van der Waals surface area (Å²) in [5.74, 6) is 1.03. The topological polar surface area (TPSA) is 67.9 Å². The van der Waals surface area contributed by atoms with E-state index in [2.05, 4.69) is 5.32 Å². The Hall–Kier alpha value is -3.02. The molecule has 1 heterocycles. The van der Waals surface area contributed by atoms with Crippen LogP contribution in [0.4, 0.5) is 4.79 Å². The van der Waals surface area contributed by atoms with Crippen LogP contribution in [0.5, 0.6) is 11.5 Å². The van der Waals surface area contributed by atoms with Crippen LogP contribution < -0.4 is 10.1 Å². The number of rotatable bonds is 5. The van der Waals surface area contributed by atoms with Gasteiger partial charge in [-0.05, 0) is 44.0 Å². The quantitative estimate of drug-likeness (QED) is 0.871. The molecule has 2 aromatic rings. The predicted octanol–water partition coefficient (Wildman–Crippen LogP) is 3.83. The van der Waals surface area contributed by atoms with Crippen LogP contribution in [0.3, 0.4) is 0 Å². The maximum atomic E-state index is 12.7. The number of hydrogen-bond acceptors (Lipinski definition) is 4. The zero-order valence-corrected chi connectivity index (χ0v) is 15.4. The fourth-order valence-corrected chi connectivity index (χ4v) is 3.04. The van der Waals surface area contributed by atoms with Crippen LogP contribution in [0, 0.1) is 0 Å². The zero-order chi connectivity index (χ0) is 19.1. The summed E-state index contributed by atoms with van der Waals surface area (Å²) < 4.78 is 10.9. The number of carbonyl (C=O) groups excluding carboxylic acids is 2. The lowest BCUT2D eigenvalue weighted by Crippen LogP contribution is -2.46. The molecule has 0 atom stereocenters. The molecule has 0 radical (unpaired) electrons. The van der Waals surface area contributed by atoms with Gasteiger partial charge in [0.05, 0.1) is 12.2 Å². The zero-order valence-electron chi connectivity index (χ0n) is 15.4. The standard InChI is InChI=1S/C21H24N2O4/c1-2-26-21(25)23-14-12-16(13-15-23)22-20(24)18-10-6-7-11-19(18)27-17-8-4-3-5-9-17/h3-11,16H,2,12-15H2,1H3,(H,22,24). The Labute approximate surface area is 159 Å². The van der Waals surface area contributed by atoms with Crippen LogP contribution in [-0.2, 0) is 4.74 Å². The Balaban J connectivity index is 1.60. The first-order chi connectivity index (χ1) is 13.2. The first-order valence-corrected chi connectivity index (χ1v) is 9.22. The molecule has 1 fully saturated rings. The van der Waals surface area contributed by atoms with Crippen molar-refractivity contribution in [3.8, 4) is 11.5 Å². The molecule has 6 heteroatoms. The molecule has 1 aliphatic heterocycles. The minimum atomic E-state index is -0.288. The summed E-state index contributed by atoms with van der Waals surface area (Å²) in [7, 11) is 0. The molecule has 1 saturated heterocycles. The summed E-state index contributed by atoms with van der Waals surface area (Å²) in [4.78, 5) is 26.2. The minimum absolute atomic E-state index is 0.0213. The van der Waals surface area contributed by atoms with Crippen LogP contribution in [0.2, 0.25) is 0 Å². The number of para-hydroxylation sites is 2. The van der Waals surface area contributed by atoms with Gasteiger partial charge in [0.25, 0.3) is 5.91 Å². The summed E-state index contributed by atoms with van der Waals surface area (Å²) in [6.07, 6.45) is 1.11. The molecule has 1 aliphatic rings. The highest BCUT2D eigenvalue weighted by molar-refractivity contribution is 5.97. The third-order valence-corrected chi connectivity index (χ3v) is 4.46. The number of nitrogens with zero attached hydrogens (tertiary/aromatic N) is 1. The lowest BCUT2D eigenvalue weighted by Gasteiger charge is -2.31. The van der Waals surface area contributed by atoms with Crippen LogP contribution in [0.25, 0.3) is 0 Å². The number of likely N-dealkylation sites (tertiary alicyclic amines) is 1. The number of hydrogen-bond donors (Lipinski definition) is 1. The van der Waals surface area contributed by atoms with Gasteiger partial charge in [-0.3, -0.25) is 4.79 Å². The second-order valence-electron chi connectivity index (χ2n) is 6.34. The van der Waals surface area contributed by atoms with E-state index in [9.17, 15) is 9.59 Å². The van der Waals surface area contributed by atoms with E-state index in [1.54, 1.807) is 24.0 Å². The second kappa shape index (κ2) is 9.07. The van der Waals surface area contributed by atoms with Crippen molar-refractivity contribution in [1.29, 1.82) is 0 Å². The number of benzene rings is 2. The Morgan fingerprint density at radius 2 is 1.70 bits per heavy atom. The molecule has 3 rings (SSSR count).